The predicted molar refractivity (Wildman–Crippen MR) is 74.2 cm³/mol. The minimum absolute atomic E-state index is 0.467. The number of hydrogen-bond donors (Lipinski definition) is 4. The maximum atomic E-state index is 9.38. The standard InChI is InChI=1S/C7H14O6.C6H15N/c1-12-6-5(10)4(9)3(2-8)13-7(6)11;1-4-7(5-2)6-3/h3-11H,2H2,1H3;4-6H2,1-3H3/t3-,4-,5+,6-,7?;/m1./s1. The summed E-state index contributed by atoms with van der Waals surface area (Å²) in [5.74, 6) is 0. The average Bonchev–Trinajstić information content (AvgIpc) is 2.46. The fraction of sp³-hybridized carbons (Fsp3) is 1.00. The van der Waals surface area contributed by atoms with Gasteiger partial charge in [-0.15, -0.1) is 0 Å². The molecule has 1 heterocycles. The summed E-state index contributed by atoms with van der Waals surface area (Å²) in [7, 11) is 1.28. The van der Waals surface area contributed by atoms with Crippen LogP contribution in [0.4, 0.5) is 0 Å². The number of aliphatic hydroxyl groups excluding tert-OH is 4. The maximum Gasteiger partial charge on any atom is 0.184 e. The Morgan fingerprint density at radius 3 is 1.80 bits per heavy atom. The van der Waals surface area contributed by atoms with Gasteiger partial charge >= 0.3 is 0 Å². The Morgan fingerprint density at radius 1 is 1.00 bits per heavy atom. The fourth-order valence-electron chi connectivity index (χ4n) is 2.00. The summed E-state index contributed by atoms with van der Waals surface area (Å²) in [6, 6.07) is 0. The third-order valence-corrected chi connectivity index (χ3v) is 3.46. The highest BCUT2D eigenvalue weighted by atomic mass is 16.7. The number of aliphatic hydroxyl groups is 4. The molecular weight excluding hydrogens is 266 g/mol. The smallest absolute Gasteiger partial charge is 0.184 e. The summed E-state index contributed by atoms with van der Waals surface area (Å²) in [6.07, 6.45) is -5.81. The molecule has 0 aromatic heterocycles. The lowest BCUT2D eigenvalue weighted by atomic mass is 9.99. The van der Waals surface area contributed by atoms with E-state index in [-0.39, 0.29) is 0 Å². The molecule has 1 aliphatic rings. The van der Waals surface area contributed by atoms with Gasteiger partial charge in [0.1, 0.15) is 24.4 Å². The fourth-order valence-corrected chi connectivity index (χ4v) is 2.00. The zero-order chi connectivity index (χ0) is 15.7. The van der Waals surface area contributed by atoms with E-state index < -0.39 is 37.3 Å². The van der Waals surface area contributed by atoms with Crippen LogP contribution in [-0.2, 0) is 9.47 Å². The molecule has 0 radical (unpaired) electrons. The topological polar surface area (TPSA) is 103 Å². The van der Waals surface area contributed by atoms with Gasteiger partial charge in [-0.25, -0.2) is 0 Å². The molecule has 20 heavy (non-hydrogen) atoms. The molecule has 0 saturated carbocycles. The van der Waals surface area contributed by atoms with Crippen molar-refractivity contribution < 1.29 is 29.9 Å². The van der Waals surface area contributed by atoms with E-state index in [1.807, 2.05) is 0 Å². The second kappa shape index (κ2) is 10.4. The Balaban J connectivity index is 0.000000441. The first-order chi connectivity index (χ1) is 9.46. The second-order valence-corrected chi connectivity index (χ2v) is 4.55. The average molecular weight is 295 g/mol. The molecule has 7 nitrogen and oxygen atoms in total. The van der Waals surface area contributed by atoms with E-state index in [2.05, 4.69) is 25.7 Å². The van der Waals surface area contributed by atoms with Crippen molar-refractivity contribution in [1.82, 2.24) is 4.90 Å². The molecule has 1 rings (SSSR count). The molecule has 122 valence electrons. The SMILES string of the molecule is CCN(CC)CC.CO[C@H]1C(O)O[C@H](CO)[C@@H](O)[C@@H]1O. The first kappa shape index (κ1) is 19.7. The minimum atomic E-state index is -1.33. The van der Waals surface area contributed by atoms with Crippen LogP contribution in [0.5, 0.6) is 0 Å². The third-order valence-electron chi connectivity index (χ3n) is 3.46. The molecule has 1 saturated heterocycles. The van der Waals surface area contributed by atoms with E-state index in [4.69, 9.17) is 14.6 Å². The molecule has 1 unspecified atom stereocenters. The number of rotatable bonds is 5. The van der Waals surface area contributed by atoms with Crippen LogP contribution in [0.25, 0.3) is 0 Å². The van der Waals surface area contributed by atoms with Gasteiger partial charge < -0.3 is 34.8 Å². The molecule has 0 bridgehead atoms. The van der Waals surface area contributed by atoms with Crippen LogP contribution in [0.1, 0.15) is 20.8 Å². The number of methoxy groups -OCH3 is 1. The molecule has 1 fully saturated rings. The normalized spacial score (nSPS) is 33.8. The van der Waals surface area contributed by atoms with Crippen molar-refractivity contribution in [2.75, 3.05) is 33.4 Å². The second-order valence-electron chi connectivity index (χ2n) is 4.55. The number of ether oxygens (including phenoxy) is 2. The Labute approximate surface area is 120 Å². The maximum absolute atomic E-state index is 9.38. The summed E-state index contributed by atoms with van der Waals surface area (Å²) >= 11 is 0. The van der Waals surface area contributed by atoms with Crippen LogP contribution in [-0.4, -0.2) is 89.4 Å². The minimum Gasteiger partial charge on any atom is -0.394 e. The Kier molecular flexibility index (Phi) is 10.3. The Bertz CT molecular complexity index is 233. The van der Waals surface area contributed by atoms with Crippen LogP contribution < -0.4 is 0 Å². The molecule has 0 aliphatic carbocycles. The van der Waals surface area contributed by atoms with E-state index in [9.17, 15) is 15.3 Å². The van der Waals surface area contributed by atoms with Crippen LogP contribution in [0.15, 0.2) is 0 Å². The quantitative estimate of drug-likeness (QED) is 0.504. The highest BCUT2D eigenvalue weighted by Gasteiger charge is 2.43. The van der Waals surface area contributed by atoms with E-state index in [1.54, 1.807) is 0 Å². The molecular formula is C13H29NO6. The zero-order valence-electron chi connectivity index (χ0n) is 12.8. The van der Waals surface area contributed by atoms with Gasteiger partial charge in [0, 0.05) is 7.11 Å². The van der Waals surface area contributed by atoms with Crippen molar-refractivity contribution in [2.24, 2.45) is 0 Å². The van der Waals surface area contributed by atoms with Gasteiger partial charge in [0.15, 0.2) is 6.29 Å². The van der Waals surface area contributed by atoms with Crippen LogP contribution in [0.3, 0.4) is 0 Å². The van der Waals surface area contributed by atoms with Gasteiger partial charge in [-0.05, 0) is 19.6 Å². The van der Waals surface area contributed by atoms with Crippen LogP contribution >= 0.6 is 0 Å². The lowest BCUT2D eigenvalue weighted by Crippen LogP contribution is -2.59. The van der Waals surface area contributed by atoms with Crippen molar-refractivity contribution in [3.8, 4) is 0 Å². The van der Waals surface area contributed by atoms with E-state index >= 15 is 0 Å². The molecule has 0 spiro atoms. The predicted octanol–water partition coefficient (Wildman–Crippen LogP) is -1.22. The number of hydrogen-bond acceptors (Lipinski definition) is 7. The summed E-state index contributed by atoms with van der Waals surface area (Å²) in [6.45, 7) is 9.66. The number of nitrogens with zero attached hydrogens (tertiary/aromatic N) is 1. The molecule has 0 aromatic rings. The Hall–Kier alpha value is -0.280. The van der Waals surface area contributed by atoms with E-state index in [1.165, 1.54) is 26.7 Å². The van der Waals surface area contributed by atoms with Crippen molar-refractivity contribution in [1.29, 1.82) is 0 Å². The van der Waals surface area contributed by atoms with Gasteiger partial charge in [-0.3, -0.25) is 0 Å². The molecule has 4 N–H and O–H groups in total. The van der Waals surface area contributed by atoms with Gasteiger partial charge in [0.05, 0.1) is 6.61 Å². The van der Waals surface area contributed by atoms with Gasteiger partial charge in [-0.1, -0.05) is 20.8 Å². The van der Waals surface area contributed by atoms with Crippen molar-refractivity contribution in [3.63, 3.8) is 0 Å². The van der Waals surface area contributed by atoms with E-state index in [0.29, 0.717) is 0 Å². The van der Waals surface area contributed by atoms with Crippen LogP contribution in [0.2, 0.25) is 0 Å². The van der Waals surface area contributed by atoms with Gasteiger partial charge in [-0.2, -0.15) is 0 Å². The molecule has 0 amide bonds. The largest absolute Gasteiger partial charge is 0.394 e. The Morgan fingerprint density at radius 2 is 1.50 bits per heavy atom. The summed E-state index contributed by atoms with van der Waals surface area (Å²) in [4.78, 5) is 2.38. The highest BCUT2D eigenvalue weighted by Crippen LogP contribution is 2.21. The summed E-state index contributed by atoms with van der Waals surface area (Å²) < 4.78 is 9.50. The molecule has 5 atom stereocenters. The van der Waals surface area contributed by atoms with Crippen molar-refractivity contribution >= 4 is 0 Å². The van der Waals surface area contributed by atoms with Gasteiger partial charge in [0.25, 0.3) is 0 Å². The van der Waals surface area contributed by atoms with E-state index in [0.717, 1.165) is 0 Å². The van der Waals surface area contributed by atoms with Gasteiger partial charge in [0.2, 0.25) is 0 Å². The molecule has 1 aliphatic heterocycles. The van der Waals surface area contributed by atoms with Crippen molar-refractivity contribution in [3.05, 3.63) is 0 Å². The first-order valence-corrected chi connectivity index (χ1v) is 7.02. The summed E-state index contributed by atoms with van der Waals surface area (Å²) in [5.41, 5.74) is 0. The zero-order valence-corrected chi connectivity index (χ0v) is 12.8. The lowest BCUT2D eigenvalue weighted by molar-refractivity contribution is -0.291. The summed E-state index contributed by atoms with van der Waals surface area (Å²) in [5, 5.41) is 36.7. The third kappa shape index (κ3) is 5.61. The molecule has 0 aromatic carbocycles. The monoisotopic (exact) mass is 295 g/mol. The van der Waals surface area contributed by atoms with Crippen LogP contribution in [0, 0.1) is 0 Å². The lowest BCUT2D eigenvalue weighted by Gasteiger charge is -2.39. The molecule has 7 heteroatoms. The highest BCUT2D eigenvalue weighted by molar-refractivity contribution is 4.88. The van der Waals surface area contributed by atoms with Crippen molar-refractivity contribution in [2.45, 2.75) is 51.5 Å². The first-order valence-electron chi connectivity index (χ1n) is 7.02.